The van der Waals surface area contributed by atoms with Crippen molar-refractivity contribution < 1.29 is 4.79 Å². The minimum Gasteiger partial charge on any atom is -0.299 e. The lowest BCUT2D eigenvalue weighted by atomic mass is 9.62. The molecule has 0 saturated carbocycles. The zero-order valence-corrected chi connectivity index (χ0v) is 10.3. The molecule has 0 N–H and O–H groups in total. The van der Waals surface area contributed by atoms with Crippen molar-refractivity contribution in [1.29, 1.82) is 0 Å². The van der Waals surface area contributed by atoms with Gasteiger partial charge in [-0.3, -0.25) is 4.79 Å². The molecule has 1 heteroatoms. The monoisotopic (exact) mass is 206 g/mol. The number of carbonyl (C=O) groups is 1. The van der Waals surface area contributed by atoms with Crippen molar-refractivity contribution in [3.63, 3.8) is 0 Å². The average molecular weight is 206 g/mol. The number of Topliss-reactive ketones (excluding diaryl/α,β-unsaturated/α-hetero) is 1. The minimum absolute atomic E-state index is 0.0117. The Morgan fingerprint density at radius 1 is 1.67 bits per heavy atom. The van der Waals surface area contributed by atoms with Crippen LogP contribution in [0.4, 0.5) is 0 Å². The van der Waals surface area contributed by atoms with Crippen molar-refractivity contribution in [3.8, 4) is 0 Å². The number of allylic oxidation sites excluding steroid dienone is 3. The fourth-order valence-corrected chi connectivity index (χ4v) is 2.71. The Morgan fingerprint density at radius 2 is 2.27 bits per heavy atom. The summed E-state index contributed by atoms with van der Waals surface area (Å²) in [6, 6.07) is 0. The van der Waals surface area contributed by atoms with Crippen molar-refractivity contribution in [2.45, 2.75) is 40.5 Å². The molecule has 0 saturated heterocycles. The lowest BCUT2D eigenvalue weighted by Crippen LogP contribution is -2.39. The SMILES string of the molecule is C=CCC(=O)C1C(C)CC=C(C)C1(C)C. The van der Waals surface area contributed by atoms with Crippen molar-refractivity contribution >= 4 is 5.78 Å². The number of hydrogen-bond acceptors (Lipinski definition) is 1. The maximum atomic E-state index is 12.1. The predicted octanol–water partition coefficient (Wildman–Crippen LogP) is 3.76. The van der Waals surface area contributed by atoms with Crippen molar-refractivity contribution in [2.24, 2.45) is 17.3 Å². The highest BCUT2D eigenvalue weighted by atomic mass is 16.1. The van der Waals surface area contributed by atoms with Gasteiger partial charge in [0.2, 0.25) is 0 Å². The highest BCUT2D eigenvalue weighted by Crippen LogP contribution is 2.45. The Labute approximate surface area is 93.3 Å². The smallest absolute Gasteiger partial charge is 0.140 e. The van der Waals surface area contributed by atoms with E-state index in [0.717, 1.165) is 6.42 Å². The molecule has 2 unspecified atom stereocenters. The van der Waals surface area contributed by atoms with Gasteiger partial charge in [0.15, 0.2) is 0 Å². The third-order valence-corrected chi connectivity index (χ3v) is 3.85. The van der Waals surface area contributed by atoms with Crippen LogP contribution in [-0.2, 0) is 4.79 Å². The van der Waals surface area contributed by atoms with E-state index in [-0.39, 0.29) is 11.3 Å². The molecule has 0 bridgehead atoms. The summed E-state index contributed by atoms with van der Waals surface area (Å²) in [4.78, 5) is 12.1. The van der Waals surface area contributed by atoms with Gasteiger partial charge in [-0.25, -0.2) is 0 Å². The number of rotatable bonds is 3. The molecular weight excluding hydrogens is 184 g/mol. The predicted molar refractivity (Wildman–Crippen MR) is 64.6 cm³/mol. The molecule has 0 aromatic carbocycles. The first-order valence-electron chi connectivity index (χ1n) is 5.72. The van der Waals surface area contributed by atoms with Gasteiger partial charge >= 0.3 is 0 Å². The van der Waals surface area contributed by atoms with Crippen LogP contribution in [0.15, 0.2) is 24.3 Å². The molecule has 0 heterocycles. The van der Waals surface area contributed by atoms with Crippen LogP contribution in [0.1, 0.15) is 40.5 Å². The average Bonchev–Trinajstić information content (AvgIpc) is 2.12. The summed E-state index contributed by atoms with van der Waals surface area (Å²) in [5, 5.41) is 0. The first kappa shape index (κ1) is 12.2. The first-order chi connectivity index (χ1) is 6.91. The number of hydrogen-bond donors (Lipinski definition) is 0. The Hall–Kier alpha value is -0.850. The summed E-state index contributed by atoms with van der Waals surface area (Å²) >= 11 is 0. The first-order valence-corrected chi connectivity index (χ1v) is 5.72. The van der Waals surface area contributed by atoms with Gasteiger partial charge in [0.05, 0.1) is 0 Å². The molecule has 0 radical (unpaired) electrons. The molecule has 0 aliphatic heterocycles. The van der Waals surface area contributed by atoms with Gasteiger partial charge in [-0.15, -0.1) is 6.58 Å². The van der Waals surface area contributed by atoms with Crippen molar-refractivity contribution in [2.75, 3.05) is 0 Å². The molecule has 1 aliphatic rings. The molecule has 0 aromatic heterocycles. The topological polar surface area (TPSA) is 17.1 Å². The second kappa shape index (κ2) is 4.34. The Morgan fingerprint density at radius 3 is 2.80 bits per heavy atom. The molecule has 1 nitrogen and oxygen atoms in total. The lowest BCUT2D eigenvalue weighted by molar-refractivity contribution is -0.127. The fraction of sp³-hybridized carbons (Fsp3) is 0.643. The second-order valence-electron chi connectivity index (χ2n) is 5.26. The van der Waals surface area contributed by atoms with Crippen molar-refractivity contribution in [1.82, 2.24) is 0 Å². The highest BCUT2D eigenvalue weighted by Gasteiger charge is 2.41. The Balaban J connectivity index is 2.99. The zero-order valence-electron chi connectivity index (χ0n) is 10.3. The van der Waals surface area contributed by atoms with Crippen molar-refractivity contribution in [3.05, 3.63) is 24.3 Å². The van der Waals surface area contributed by atoms with E-state index in [1.165, 1.54) is 5.57 Å². The molecule has 84 valence electrons. The van der Waals surface area contributed by atoms with E-state index in [4.69, 9.17) is 0 Å². The van der Waals surface area contributed by atoms with Gasteiger partial charge < -0.3 is 0 Å². The number of ketones is 1. The normalized spacial score (nSPS) is 29.5. The van der Waals surface area contributed by atoms with Crippen LogP contribution in [0.25, 0.3) is 0 Å². The van der Waals surface area contributed by atoms with Crippen LogP contribution in [0.2, 0.25) is 0 Å². The summed E-state index contributed by atoms with van der Waals surface area (Å²) in [6.07, 6.45) is 5.54. The van der Waals surface area contributed by atoms with Gasteiger partial charge in [0.1, 0.15) is 5.78 Å². The maximum Gasteiger partial charge on any atom is 0.140 e. The fourth-order valence-electron chi connectivity index (χ4n) is 2.71. The standard InChI is InChI=1S/C14H22O/c1-6-7-12(15)13-10(2)8-9-11(3)14(13,4)5/h6,9-10,13H,1,7-8H2,2-5H3. The quantitative estimate of drug-likeness (QED) is 0.643. The summed E-state index contributed by atoms with van der Waals surface area (Å²) in [5.74, 6) is 0.951. The van der Waals surface area contributed by atoms with E-state index in [9.17, 15) is 4.79 Å². The summed E-state index contributed by atoms with van der Waals surface area (Å²) < 4.78 is 0. The Kier molecular flexibility index (Phi) is 3.54. The summed E-state index contributed by atoms with van der Waals surface area (Å²) in [7, 11) is 0. The van der Waals surface area contributed by atoms with Crippen LogP contribution in [0, 0.1) is 17.3 Å². The van der Waals surface area contributed by atoms with E-state index < -0.39 is 0 Å². The summed E-state index contributed by atoms with van der Waals surface area (Å²) in [5.41, 5.74) is 1.36. The third kappa shape index (κ3) is 2.22. The molecule has 1 aliphatic carbocycles. The van der Waals surface area contributed by atoms with E-state index in [1.807, 2.05) is 0 Å². The van der Waals surface area contributed by atoms with E-state index >= 15 is 0 Å². The molecule has 0 fully saturated rings. The minimum atomic E-state index is 0.0117. The van der Waals surface area contributed by atoms with E-state index in [1.54, 1.807) is 6.08 Å². The molecule has 1 rings (SSSR count). The second-order valence-corrected chi connectivity index (χ2v) is 5.26. The van der Waals surface area contributed by atoms with Gasteiger partial charge in [0.25, 0.3) is 0 Å². The van der Waals surface area contributed by atoms with Crippen LogP contribution < -0.4 is 0 Å². The van der Waals surface area contributed by atoms with Crippen LogP contribution in [0.5, 0.6) is 0 Å². The van der Waals surface area contributed by atoms with Crippen LogP contribution >= 0.6 is 0 Å². The maximum absolute atomic E-state index is 12.1. The molecule has 2 atom stereocenters. The van der Waals surface area contributed by atoms with Gasteiger partial charge in [-0.05, 0) is 24.7 Å². The van der Waals surface area contributed by atoms with E-state index in [0.29, 0.717) is 18.1 Å². The van der Waals surface area contributed by atoms with Gasteiger partial charge in [-0.2, -0.15) is 0 Å². The van der Waals surface area contributed by atoms with E-state index in [2.05, 4.69) is 40.3 Å². The molecule has 0 amide bonds. The zero-order chi connectivity index (χ0) is 11.6. The molecule has 0 aromatic rings. The van der Waals surface area contributed by atoms with Gasteiger partial charge in [0, 0.05) is 12.3 Å². The lowest BCUT2D eigenvalue weighted by Gasteiger charge is -2.41. The number of carbonyl (C=O) groups excluding carboxylic acids is 1. The molecular formula is C14H22O. The third-order valence-electron chi connectivity index (χ3n) is 3.85. The summed E-state index contributed by atoms with van der Waals surface area (Å²) in [6.45, 7) is 12.3. The Bertz CT molecular complexity index is 296. The van der Waals surface area contributed by atoms with Gasteiger partial charge in [-0.1, -0.05) is 38.5 Å². The van der Waals surface area contributed by atoms with Crippen LogP contribution in [-0.4, -0.2) is 5.78 Å². The molecule has 15 heavy (non-hydrogen) atoms. The molecule has 0 spiro atoms. The van der Waals surface area contributed by atoms with Crippen LogP contribution in [0.3, 0.4) is 0 Å². The highest BCUT2D eigenvalue weighted by molar-refractivity contribution is 5.84. The largest absolute Gasteiger partial charge is 0.299 e.